The van der Waals surface area contributed by atoms with Gasteiger partial charge in [0.25, 0.3) is 10.0 Å². The monoisotopic (exact) mass is 314 g/mol. The molecular weight excluding hydrogens is 300 g/mol. The smallest absolute Gasteiger partial charge is 0.271 e. The molecule has 2 heterocycles. The lowest BCUT2D eigenvalue weighted by Crippen LogP contribution is -2.14. The van der Waals surface area contributed by atoms with Gasteiger partial charge in [-0.25, -0.2) is 8.42 Å². The van der Waals surface area contributed by atoms with Crippen LogP contribution in [-0.4, -0.2) is 14.5 Å². The van der Waals surface area contributed by atoms with Gasteiger partial charge in [0.15, 0.2) is 0 Å². The summed E-state index contributed by atoms with van der Waals surface area (Å²) in [6, 6.07) is 5.93. The van der Waals surface area contributed by atoms with Gasteiger partial charge in [-0.15, -0.1) is 11.3 Å². The van der Waals surface area contributed by atoms with Crippen LogP contribution in [0.2, 0.25) is 0 Å². The minimum atomic E-state index is -3.44. The van der Waals surface area contributed by atoms with Crippen LogP contribution in [0, 0.1) is 0 Å². The lowest BCUT2D eigenvalue weighted by Gasteiger charge is -2.03. The van der Waals surface area contributed by atoms with Crippen molar-refractivity contribution in [1.29, 1.82) is 0 Å². The number of rotatable bonds is 6. The van der Waals surface area contributed by atoms with Crippen molar-refractivity contribution in [3.8, 4) is 0 Å². The summed E-state index contributed by atoms with van der Waals surface area (Å²) in [6.45, 7) is 0.753. The van der Waals surface area contributed by atoms with Gasteiger partial charge in [0, 0.05) is 22.8 Å². The van der Waals surface area contributed by atoms with E-state index in [0.29, 0.717) is 15.9 Å². The zero-order valence-electron chi connectivity index (χ0n) is 10.1. The van der Waals surface area contributed by atoms with Crippen molar-refractivity contribution < 1.29 is 8.42 Å². The number of hydrogen-bond acceptors (Lipinski definition) is 5. The molecule has 19 heavy (non-hydrogen) atoms. The molecule has 1 aliphatic carbocycles. The van der Waals surface area contributed by atoms with Gasteiger partial charge in [0.05, 0.1) is 5.69 Å². The topological polar surface area (TPSA) is 58.2 Å². The molecule has 3 rings (SSSR count). The Kier molecular flexibility index (Phi) is 3.62. The van der Waals surface area contributed by atoms with E-state index in [9.17, 15) is 8.42 Å². The number of thiophene rings is 2. The van der Waals surface area contributed by atoms with Crippen LogP contribution in [0.15, 0.2) is 33.2 Å². The lowest BCUT2D eigenvalue weighted by atomic mass is 10.4. The van der Waals surface area contributed by atoms with Crippen LogP contribution in [0.3, 0.4) is 0 Å². The zero-order chi connectivity index (χ0) is 13.3. The van der Waals surface area contributed by atoms with Crippen LogP contribution >= 0.6 is 22.7 Å². The molecule has 2 aromatic rings. The third-order valence-electron chi connectivity index (χ3n) is 2.82. The summed E-state index contributed by atoms with van der Waals surface area (Å²) < 4.78 is 27.2. The summed E-state index contributed by atoms with van der Waals surface area (Å²) in [5, 5.41) is 7.00. The van der Waals surface area contributed by atoms with Crippen molar-refractivity contribution in [2.75, 3.05) is 4.72 Å². The highest BCUT2D eigenvalue weighted by molar-refractivity contribution is 7.94. The van der Waals surface area contributed by atoms with Crippen molar-refractivity contribution in [3.05, 3.63) is 33.8 Å². The fraction of sp³-hybridized carbons (Fsp3) is 0.333. The molecular formula is C12H14N2O2S3. The van der Waals surface area contributed by atoms with Crippen LogP contribution in [-0.2, 0) is 16.6 Å². The van der Waals surface area contributed by atoms with Gasteiger partial charge in [0.1, 0.15) is 4.21 Å². The van der Waals surface area contributed by atoms with Gasteiger partial charge in [0.2, 0.25) is 0 Å². The van der Waals surface area contributed by atoms with E-state index in [1.807, 2.05) is 11.4 Å². The zero-order valence-corrected chi connectivity index (χ0v) is 12.6. The summed E-state index contributed by atoms with van der Waals surface area (Å²) in [5.74, 6) is 0. The van der Waals surface area contributed by atoms with Crippen molar-refractivity contribution in [1.82, 2.24) is 5.32 Å². The molecule has 0 unspecified atom stereocenters. The molecule has 0 atom stereocenters. The van der Waals surface area contributed by atoms with Gasteiger partial charge in [-0.05, 0) is 36.4 Å². The molecule has 0 bridgehead atoms. The van der Waals surface area contributed by atoms with Gasteiger partial charge in [-0.3, -0.25) is 4.72 Å². The highest BCUT2D eigenvalue weighted by Gasteiger charge is 2.21. The Morgan fingerprint density at radius 1 is 1.26 bits per heavy atom. The standard InChI is InChI=1S/C12H14N2O2S3/c15-19(16,14-10-5-6-17-8-10)12-4-3-11(18-12)7-13-9-1-2-9/h3-6,8-9,13-14H,1-2,7H2. The van der Waals surface area contributed by atoms with E-state index in [2.05, 4.69) is 10.0 Å². The van der Waals surface area contributed by atoms with Gasteiger partial charge >= 0.3 is 0 Å². The van der Waals surface area contributed by atoms with Crippen molar-refractivity contribution in [2.24, 2.45) is 0 Å². The average molecular weight is 314 g/mol. The first-order valence-electron chi connectivity index (χ1n) is 6.00. The van der Waals surface area contributed by atoms with Crippen molar-refractivity contribution in [2.45, 2.75) is 29.6 Å². The van der Waals surface area contributed by atoms with E-state index < -0.39 is 10.0 Å². The molecule has 102 valence electrons. The maximum Gasteiger partial charge on any atom is 0.271 e. The largest absolute Gasteiger partial charge is 0.309 e. The van der Waals surface area contributed by atoms with Crippen LogP contribution < -0.4 is 10.0 Å². The molecule has 4 nitrogen and oxygen atoms in total. The first-order valence-corrected chi connectivity index (χ1v) is 9.25. The highest BCUT2D eigenvalue weighted by atomic mass is 32.2. The number of hydrogen-bond donors (Lipinski definition) is 2. The molecule has 0 aromatic carbocycles. The van der Waals surface area contributed by atoms with Crippen LogP contribution in [0.1, 0.15) is 17.7 Å². The Labute approximate surface area is 120 Å². The molecule has 1 saturated carbocycles. The molecule has 1 aliphatic rings. The minimum Gasteiger partial charge on any atom is -0.309 e. The predicted octanol–water partition coefficient (Wildman–Crippen LogP) is 2.86. The van der Waals surface area contributed by atoms with Gasteiger partial charge in [-0.1, -0.05) is 0 Å². The molecule has 0 radical (unpaired) electrons. The summed E-state index contributed by atoms with van der Waals surface area (Å²) in [4.78, 5) is 1.05. The minimum absolute atomic E-state index is 0.367. The average Bonchev–Trinajstić information content (AvgIpc) is 2.87. The SMILES string of the molecule is O=S(=O)(Nc1ccsc1)c1ccc(CNC2CC2)s1. The fourth-order valence-electron chi connectivity index (χ4n) is 1.66. The Bertz CT molecular complexity index is 642. The van der Waals surface area contributed by atoms with E-state index in [1.165, 1.54) is 35.5 Å². The molecule has 2 N–H and O–H groups in total. The Morgan fingerprint density at radius 2 is 2.11 bits per heavy atom. The summed E-state index contributed by atoms with van der Waals surface area (Å²) in [7, 11) is -3.44. The molecule has 1 fully saturated rings. The molecule has 0 aliphatic heterocycles. The number of nitrogens with one attached hydrogen (secondary N) is 2. The summed E-state index contributed by atoms with van der Waals surface area (Å²) in [6.07, 6.45) is 2.46. The molecule has 0 amide bonds. The maximum atomic E-state index is 12.1. The van der Waals surface area contributed by atoms with Gasteiger partial charge < -0.3 is 5.32 Å². The Balaban J connectivity index is 1.69. The number of anilines is 1. The second-order valence-corrected chi connectivity index (χ2v) is 8.35. The van der Waals surface area contributed by atoms with Crippen LogP contribution in [0.4, 0.5) is 5.69 Å². The molecule has 0 spiro atoms. The molecule has 2 aromatic heterocycles. The highest BCUT2D eigenvalue weighted by Crippen LogP contribution is 2.26. The third-order valence-corrected chi connectivity index (χ3v) is 6.46. The quantitative estimate of drug-likeness (QED) is 0.862. The third kappa shape index (κ3) is 3.36. The van der Waals surface area contributed by atoms with Crippen LogP contribution in [0.25, 0.3) is 0 Å². The van der Waals surface area contributed by atoms with E-state index in [-0.39, 0.29) is 0 Å². The maximum absolute atomic E-state index is 12.1. The van der Waals surface area contributed by atoms with Gasteiger partial charge in [-0.2, -0.15) is 11.3 Å². The van der Waals surface area contributed by atoms with E-state index in [4.69, 9.17) is 0 Å². The Hall–Kier alpha value is -0.890. The predicted molar refractivity (Wildman–Crippen MR) is 79.3 cm³/mol. The normalized spacial score (nSPS) is 15.6. The number of sulfonamides is 1. The van der Waals surface area contributed by atoms with E-state index in [0.717, 1.165) is 11.4 Å². The van der Waals surface area contributed by atoms with E-state index in [1.54, 1.807) is 17.5 Å². The first-order chi connectivity index (χ1) is 9.13. The van der Waals surface area contributed by atoms with Crippen molar-refractivity contribution >= 4 is 38.4 Å². The summed E-state index contributed by atoms with van der Waals surface area (Å²) >= 11 is 2.79. The van der Waals surface area contributed by atoms with Crippen LogP contribution in [0.5, 0.6) is 0 Å². The second kappa shape index (κ2) is 5.24. The molecule has 0 saturated heterocycles. The molecule has 7 heteroatoms. The Morgan fingerprint density at radius 3 is 2.79 bits per heavy atom. The first kappa shape index (κ1) is 13.1. The van der Waals surface area contributed by atoms with E-state index >= 15 is 0 Å². The van der Waals surface area contributed by atoms with Crippen molar-refractivity contribution in [3.63, 3.8) is 0 Å². The fourth-order valence-corrected chi connectivity index (χ4v) is 4.68. The second-order valence-electron chi connectivity index (χ2n) is 4.49. The lowest BCUT2D eigenvalue weighted by molar-refractivity contribution is 0.603. The summed E-state index contributed by atoms with van der Waals surface area (Å²) in [5.41, 5.74) is 0.621.